The van der Waals surface area contributed by atoms with E-state index in [0.717, 1.165) is 0 Å². The van der Waals surface area contributed by atoms with E-state index in [1.54, 1.807) is 0 Å². The molecular weight excluding hydrogens is 296 g/mol. The molecule has 10 heteroatoms. The van der Waals surface area contributed by atoms with E-state index >= 15 is 0 Å². The van der Waals surface area contributed by atoms with Gasteiger partial charge in [0.15, 0.2) is 0 Å². The Morgan fingerprint density at radius 3 is 2.90 bits per heavy atom. The zero-order chi connectivity index (χ0) is 14.5. The Kier molecular flexibility index (Phi) is 4.41. The number of nitrogens with zero attached hydrogens (tertiary/aromatic N) is 4. The van der Waals surface area contributed by atoms with Gasteiger partial charge in [-0.25, -0.2) is 4.68 Å². The van der Waals surface area contributed by atoms with Gasteiger partial charge in [0.1, 0.15) is 18.6 Å². The van der Waals surface area contributed by atoms with Gasteiger partial charge in [-0.2, -0.15) is 8.78 Å². The number of anilines is 1. The molecule has 2 aromatic rings. The first-order valence-corrected chi connectivity index (χ1v) is 5.67. The molecule has 0 saturated carbocycles. The van der Waals surface area contributed by atoms with Crippen molar-refractivity contribution in [2.45, 2.75) is 13.2 Å². The molecule has 0 radical (unpaired) electrons. The van der Waals surface area contributed by atoms with Crippen LogP contribution in [0.1, 0.15) is 0 Å². The van der Waals surface area contributed by atoms with Crippen LogP contribution in [0.2, 0.25) is 5.02 Å². The molecule has 106 valence electrons. The lowest BCUT2D eigenvalue weighted by atomic mass is 10.3. The number of nitrogens with one attached hydrogen (secondary N) is 1. The third kappa shape index (κ3) is 3.85. The summed E-state index contributed by atoms with van der Waals surface area (Å²) in [5.74, 6) is -0.559. The fourth-order valence-electron chi connectivity index (χ4n) is 1.37. The van der Waals surface area contributed by atoms with Crippen molar-refractivity contribution in [1.29, 1.82) is 0 Å². The molecule has 20 heavy (non-hydrogen) atoms. The monoisotopic (exact) mass is 303 g/mol. The van der Waals surface area contributed by atoms with Gasteiger partial charge in [0.2, 0.25) is 5.91 Å². The first-order valence-electron chi connectivity index (χ1n) is 5.29. The molecule has 2 rings (SSSR count). The number of alkyl halides is 2. The molecule has 0 aliphatic rings. The molecule has 0 spiro atoms. The molecule has 0 aliphatic carbocycles. The molecule has 7 nitrogen and oxygen atoms in total. The topological polar surface area (TPSA) is 81.9 Å². The highest BCUT2D eigenvalue weighted by molar-refractivity contribution is 6.32. The number of tetrazole rings is 1. The largest absolute Gasteiger partial charge is 0.433 e. The average Bonchev–Trinajstić information content (AvgIpc) is 2.85. The quantitative estimate of drug-likeness (QED) is 0.906. The lowest BCUT2D eigenvalue weighted by Gasteiger charge is -2.09. The molecule has 1 aromatic carbocycles. The predicted molar refractivity (Wildman–Crippen MR) is 64.5 cm³/mol. The normalized spacial score (nSPS) is 10.6. The minimum absolute atomic E-state index is 0.0366. The summed E-state index contributed by atoms with van der Waals surface area (Å²) in [5, 5.41) is 12.8. The summed E-state index contributed by atoms with van der Waals surface area (Å²) >= 11 is 5.75. The minimum Gasteiger partial charge on any atom is -0.433 e. The lowest BCUT2D eigenvalue weighted by molar-refractivity contribution is -0.116. The number of hydrogen-bond donors (Lipinski definition) is 1. The number of carbonyl (C=O) groups excluding carboxylic acids is 1. The molecule has 1 amide bonds. The first-order chi connectivity index (χ1) is 9.54. The Morgan fingerprint density at radius 1 is 1.50 bits per heavy atom. The van der Waals surface area contributed by atoms with Gasteiger partial charge in [-0.3, -0.25) is 4.79 Å². The number of hydrogen-bond acceptors (Lipinski definition) is 5. The number of amides is 1. The molecule has 0 saturated heterocycles. The van der Waals surface area contributed by atoms with Gasteiger partial charge in [-0.1, -0.05) is 11.6 Å². The van der Waals surface area contributed by atoms with Crippen molar-refractivity contribution in [3.8, 4) is 5.75 Å². The second kappa shape index (κ2) is 6.24. The van der Waals surface area contributed by atoms with E-state index in [1.807, 2.05) is 0 Å². The summed E-state index contributed by atoms with van der Waals surface area (Å²) in [7, 11) is 0. The minimum atomic E-state index is -2.97. The van der Waals surface area contributed by atoms with Gasteiger partial charge in [0.05, 0.1) is 5.02 Å². The average molecular weight is 304 g/mol. The maximum absolute atomic E-state index is 12.1. The van der Waals surface area contributed by atoms with E-state index in [4.69, 9.17) is 11.6 Å². The Morgan fingerprint density at radius 2 is 2.30 bits per heavy atom. The van der Waals surface area contributed by atoms with Crippen molar-refractivity contribution in [1.82, 2.24) is 20.2 Å². The zero-order valence-electron chi connectivity index (χ0n) is 9.83. The smallest absolute Gasteiger partial charge is 0.387 e. The van der Waals surface area contributed by atoms with Gasteiger partial charge in [-0.15, -0.1) is 5.10 Å². The molecule has 1 aromatic heterocycles. The third-order valence-corrected chi connectivity index (χ3v) is 2.42. The number of carbonyl (C=O) groups is 1. The number of halogens is 3. The molecule has 0 unspecified atom stereocenters. The molecule has 1 N–H and O–H groups in total. The fourth-order valence-corrected chi connectivity index (χ4v) is 1.60. The van der Waals surface area contributed by atoms with Crippen molar-refractivity contribution in [2.24, 2.45) is 0 Å². The highest BCUT2D eigenvalue weighted by Gasteiger charge is 2.10. The molecule has 0 aliphatic heterocycles. The standard InChI is InChI=1S/C10H8ClF2N5O2/c11-7-3-6(1-2-8(7)20-10(12)13)15-9(19)4-18-5-14-16-17-18/h1-3,5,10H,4H2,(H,15,19). The summed E-state index contributed by atoms with van der Waals surface area (Å²) in [6.45, 7) is -3.05. The van der Waals surface area contributed by atoms with Crippen LogP contribution in [0.25, 0.3) is 0 Å². The van der Waals surface area contributed by atoms with Crippen molar-refractivity contribution >= 4 is 23.2 Å². The van der Waals surface area contributed by atoms with E-state index in [1.165, 1.54) is 29.2 Å². The number of ether oxygens (including phenoxy) is 1. The Hall–Kier alpha value is -2.29. The van der Waals surface area contributed by atoms with Crippen LogP contribution in [-0.4, -0.2) is 32.7 Å². The van der Waals surface area contributed by atoms with Crippen LogP contribution in [0, 0.1) is 0 Å². The number of benzene rings is 1. The van der Waals surface area contributed by atoms with Crippen LogP contribution in [0.5, 0.6) is 5.75 Å². The van der Waals surface area contributed by atoms with Crippen molar-refractivity contribution in [3.05, 3.63) is 29.5 Å². The summed E-state index contributed by atoms with van der Waals surface area (Å²) in [4.78, 5) is 11.6. The first kappa shape index (κ1) is 14.1. The zero-order valence-corrected chi connectivity index (χ0v) is 10.6. The fraction of sp³-hybridized carbons (Fsp3) is 0.200. The second-order valence-corrected chi connectivity index (χ2v) is 3.99. The van der Waals surface area contributed by atoms with Gasteiger partial charge in [-0.05, 0) is 28.6 Å². The predicted octanol–water partition coefficient (Wildman–Crippen LogP) is 1.57. The van der Waals surface area contributed by atoms with Crippen molar-refractivity contribution in [3.63, 3.8) is 0 Å². The maximum atomic E-state index is 12.1. The summed E-state index contributed by atoms with van der Waals surface area (Å²) in [5.41, 5.74) is 0.342. The lowest BCUT2D eigenvalue weighted by Crippen LogP contribution is -2.19. The van der Waals surface area contributed by atoms with Crippen LogP contribution < -0.4 is 10.1 Å². The second-order valence-electron chi connectivity index (χ2n) is 3.58. The van der Waals surface area contributed by atoms with E-state index < -0.39 is 12.5 Å². The highest BCUT2D eigenvalue weighted by Crippen LogP contribution is 2.28. The van der Waals surface area contributed by atoms with Crippen LogP contribution >= 0.6 is 11.6 Å². The molecule has 0 atom stereocenters. The van der Waals surface area contributed by atoms with Gasteiger partial charge < -0.3 is 10.1 Å². The number of rotatable bonds is 5. The molecule has 0 fully saturated rings. The van der Waals surface area contributed by atoms with Crippen LogP contribution in [0.15, 0.2) is 24.5 Å². The van der Waals surface area contributed by atoms with E-state index in [-0.39, 0.29) is 17.3 Å². The van der Waals surface area contributed by atoms with E-state index in [9.17, 15) is 13.6 Å². The summed E-state index contributed by atoms with van der Waals surface area (Å²) in [6, 6.07) is 3.93. The number of aromatic nitrogens is 4. The molecular formula is C10H8ClF2N5O2. The van der Waals surface area contributed by atoms with E-state index in [0.29, 0.717) is 5.69 Å². The van der Waals surface area contributed by atoms with Crippen molar-refractivity contribution in [2.75, 3.05) is 5.32 Å². The molecule has 0 bridgehead atoms. The third-order valence-electron chi connectivity index (χ3n) is 2.13. The highest BCUT2D eigenvalue weighted by atomic mass is 35.5. The van der Waals surface area contributed by atoms with Gasteiger partial charge >= 0.3 is 6.61 Å². The van der Waals surface area contributed by atoms with Gasteiger partial charge in [0.25, 0.3) is 0 Å². The Labute approximate surface area is 116 Å². The Balaban J connectivity index is 1.99. The van der Waals surface area contributed by atoms with Crippen LogP contribution in [-0.2, 0) is 11.3 Å². The van der Waals surface area contributed by atoms with Crippen LogP contribution in [0.3, 0.4) is 0 Å². The van der Waals surface area contributed by atoms with Crippen molar-refractivity contribution < 1.29 is 18.3 Å². The Bertz CT molecular complexity index is 593. The van der Waals surface area contributed by atoms with E-state index in [2.05, 4.69) is 25.6 Å². The summed E-state index contributed by atoms with van der Waals surface area (Å²) in [6.07, 6.45) is 1.28. The maximum Gasteiger partial charge on any atom is 0.387 e. The SMILES string of the molecule is O=C(Cn1cnnn1)Nc1ccc(OC(F)F)c(Cl)c1. The van der Waals surface area contributed by atoms with Crippen LogP contribution in [0.4, 0.5) is 14.5 Å². The summed E-state index contributed by atoms with van der Waals surface area (Å²) < 4.78 is 29.5. The van der Waals surface area contributed by atoms with Gasteiger partial charge in [0, 0.05) is 5.69 Å². The molecule has 1 heterocycles.